The highest BCUT2D eigenvalue weighted by molar-refractivity contribution is 5.22. The zero-order valence-corrected chi connectivity index (χ0v) is 11.0. The van der Waals surface area contributed by atoms with Gasteiger partial charge < -0.3 is 9.84 Å². The summed E-state index contributed by atoms with van der Waals surface area (Å²) in [6.45, 7) is 1.42. The summed E-state index contributed by atoms with van der Waals surface area (Å²) in [7, 11) is 0. The molecule has 20 heavy (non-hydrogen) atoms. The number of ether oxygens (including phenoxy) is 1. The third-order valence-corrected chi connectivity index (χ3v) is 3.45. The van der Waals surface area contributed by atoms with Crippen molar-refractivity contribution in [3.63, 3.8) is 0 Å². The Hall–Kier alpha value is -1.56. The molecule has 0 saturated heterocycles. The molecule has 2 atom stereocenters. The highest BCUT2D eigenvalue weighted by atomic mass is 19.4. The Morgan fingerprint density at radius 3 is 2.70 bits per heavy atom. The predicted octanol–water partition coefficient (Wildman–Crippen LogP) is 3.45. The highest BCUT2D eigenvalue weighted by Crippen LogP contribution is 2.41. The van der Waals surface area contributed by atoms with Gasteiger partial charge in [0.25, 0.3) is 0 Å². The molecular weight excluding hydrogens is 271 g/mol. The number of aromatic nitrogens is 1. The van der Waals surface area contributed by atoms with Crippen molar-refractivity contribution in [3.05, 3.63) is 35.9 Å². The maximum Gasteiger partial charge on any atom is 0.392 e. The van der Waals surface area contributed by atoms with E-state index in [1.54, 1.807) is 25.1 Å². The third-order valence-electron chi connectivity index (χ3n) is 3.45. The summed E-state index contributed by atoms with van der Waals surface area (Å²) in [6, 6.07) is 3.16. The van der Waals surface area contributed by atoms with E-state index in [1.165, 1.54) is 6.20 Å². The molecule has 6 heteroatoms. The van der Waals surface area contributed by atoms with Crippen LogP contribution < -0.4 is 4.74 Å². The summed E-state index contributed by atoms with van der Waals surface area (Å²) in [4.78, 5) is 3.92. The number of pyridine rings is 1. The average molecular weight is 287 g/mol. The molecule has 0 spiro atoms. The molecule has 1 aromatic rings. The van der Waals surface area contributed by atoms with Crippen LogP contribution in [0.15, 0.2) is 30.2 Å². The van der Waals surface area contributed by atoms with E-state index in [1.807, 2.05) is 0 Å². The van der Waals surface area contributed by atoms with Crippen molar-refractivity contribution in [2.75, 3.05) is 0 Å². The van der Waals surface area contributed by atoms with Crippen molar-refractivity contribution in [2.45, 2.75) is 32.5 Å². The smallest absolute Gasteiger partial charge is 0.392 e. The monoisotopic (exact) mass is 287 g/mol. The Labute approximate surface area is 115 Å². The topological polar surface area (TPSA) is 42.4 Å². The van der Waals surface area contributed by atoms with Gasteiger partial charge in [-0.2, -0.15) is 13.2 Å². The molecule has 0 aromatic carbocycles. The maximum atomic E-state index is 12.9. The highest BCUT2D eigenvalue weighted by Gasteiger charge is 2.44. The van der Waals surface area contributed by atoms with Crippen LogP contribution in [-0.2, 0) is 6.61 Å². The van der Waals surface area contributed by atoms with Crippen LogP contribution in [0.4, 0.5) is 13.2 Å². The maximum absolute atomic E-state index is 12.9. The minimum atomic E-state index is -4.21. The fourth-order valence-corrected chi connectivity index (χ4v) is 2.22. The molecule has 1 aromatic heterocycles. The van der Waals surface area contributed by atoms with E-state index in [-0.39, 0.29) is 13.0 Å². The fourth-order valence-electron chi connectivity index (χ4n) is 2.22. The van der Waals surface area contributed by atoms with E-state index in [4.69, 9.17) is 9.84 Å². The molecule has 2 unspecified atom stereocenters. The van der Waals surface area contributed by atoms with Crippen LogP contribution in [0, 0.1) is 11.8 Å². The first kappa shape index (κ1) is 14.8. The molecule has 0 bridgehead atoms. The van der Waals surface area contributed by atoms with Crippen LogP contribution >= 0.6 is 0 Å². The van der Waals surface area contributed by atoms with Gasteiger partial charge in [0.15, 0.2) is 0 Å². The quantitative estimate of drug-likeness (QED) is 0.926. The van der Waals surface area contributed by atoms with E-state index in [9.17, 15) is 13.2 Å². The van der Waals surface area contributed by atoms with Crippen LogP contribution in [0.2, 0.25) is 0 Å². The number of halogens is 3. The van der Waals surface area contributed by atoms with Gasteiger partial charge in [-0.15, -0.1) is 0 Å². The first-order chi connectivity index (χ1) is 9.40. The van der Waals surface area contributed by atoms with Crippen LogP contribution in [0.5, 0.6) is 5.75 Å². The minimum Gasteiger partial charge on any atom is -0.460 e. The lowest BCUT2D eigenvalue weighted by molar-refractivity contribution is -0.189. The third kappa shape index (κ3) is 3.50. The number of aliphatic hydroxyl groups is 1. The van der Waals surface area contributed by atoms with Crippen LogP contribution in [0.25, 0.3) is 0 Å². The normalized spacial score (nSPS) is 23.4. The van der Waals surface area contributed by atoms with Gasteiger partial charge in [-0.25, -0.2) is 0 Å². The number of allylic oxidation sites excluding steroid dienone is 2. The van der Waals surface area contributed by atoms with Gasteiger partial charge in [0.05, 0.1) is 24.4 Å². The van der Waals surface area contributed by atoms with Gasteiger partial charge in [0.2, 0.25) is 0 Å². The molecule has 1 aliphatic rings. The molecule has 0 aliphatic heterocycles. The lowest BCUT2D eigenvalue weighted by Crippen LogP contribution is -2.32. The van der Waals surface area contributed by atoms with Crippen molar-refractivity contribution in [3.8, 4) is 5.75 Å². The van der Waals surface area contributed by atoms with Gasteiger partial charge in [-0.05, 0) is 30.5 Å². The summed E-state index contributed by atoms with van der Waals surface area (Å²) in [5.74, 6) is -1.10. The molecule has 0 radical (unpaired) electrons. The van der Waals surface area contributed by atoms with Gasteiger partial charge in [0, 0.05) is 6.42 Å². The van der Waals surface area contributed by atoms with Gasteiger partial charge >= 0.3 is 6.18 Å². The van der Waals surface area contributed by atoms with E-state index >= 15 is 0 Å². The summed E-state index contributed by atoms with van der Waals surface area (Å²) in [5, 5.41) is 8.86. The van der Waals surface area contributed by atoms with Crippen molar-refractivity contribution in [1.82, 2.24) is 4.98 Å². The van der Waals surface area contributed by atoms with Crippen molar-refractivity contribution in [1.29, 1.82) is 0 Å². The van der Waals surface area contributed by atoms with E-state index < -0.39 is 18.0 Å². The molecule has 0 saturated carbocycles. The number of nitrogens with zero attached hydrogens (tertiary/aromatic N) is 1. The SMILES string of the molecule is CC1CC=C(Oc2ccc(CO)nc2)CC1C(F)(F)F. The summed E-state index contributed by atoms with van der Waals surface area (Å²) in [5.41, 5.74) is 0.483. The van der Waals surface area contributed by atoms with Crippen LogP contribution in [-0.4, -0.2) is 16.3 Å². The molecule has 0 fully saturated rings. The van der Waals surface area contributed by atoms with E-state index in [0.29, 0.717) is 23.6 Å². The second-order valence-electron chi connectivity index (χ2n) is 4.98. The number of rotatable bonds is 3. The van der Waals surface area contributed by atoms with Crippen molar-refractivity contribution >= 4 is 0 Å². The number of aliphatic hydroxyl groups excluding tert-OH is 1. The molecule has 1 heterocycles. The van der Waals surface area contributed by atoms with Crippen LogP contribution in [0.1, 0.15) is 25.5 Å². The molecule has 1 N–H and O–H groups in total. The Balaban J connectivity index is 2.06. The van der Waals surface area contributed by atoms with Gasteiger partial charge in [-0.1, -0.05) is 6.92 Å². The predicted molar refractivity (Wildman–Crippen MR) is 66.8 cm³/mol. The molecule has 2 rings (SSSR count). The Kier molecular flexibility index (Phi) is 4.32. The Morgan fingerprint density at radius 1 is 1.40 bits per heavy atom. The first-order valence-corrected chi connectivity index (χ1v) is 6.39. The molecule has 110 valence electrons. The molecule has 0 amide bonds. The summed E-state index contributed by atoms with van der Waals surface area (Å²) in [6.07, 6.45) is -0.907. The molecule has 3 nitrogen and oxygen atoms in total. The molecule has 1 aliphatic carbocycles. The van der Waals surface area contributed by atoms with Crippen LogP contribution in [0.3, 0.4) is 0 Å². The first-order valence-electron chi connectivity index (χ1n) is 6.39. The van der Waals surface area contributed by atoms with E-state index in [0.717, 1.165) is 0 Å². The number of alkyl halides is 3. The largest absolute Gasteiger partial charge is 0.460 e. The summed E-state index contributed by atoms with van der Waals surface area (Å²) < 4.78 is 44.1. The second kappa shape index (κ2) is 5.83. The standard InChI is InChI=1S/C14H16F3NO2/c1-9-2-4-11(6-13(9)14(15,16)17)20-12-5-3-10(8-19)18-7-12/h3-5,7,9,13,19H,2,6,8H2,1H3. The van der Waals surface area contributed by atoms with Crippen molar-refractivity contribution in [2.24, 2.45) is 11.8 Å². The van der Waals surface area contributed by atoms with E-state index in [2.05, 4.69) is 4.98 Å². The second-order valence-corrected chi connectivity index (χ2v) is 4.98. The van der Waals surface area contributed by atoms with Gasteiger partial charge in [0.1, 0.15) is 11.5 Å². The fraction of sp³-hybridized carbons (Fsp3) is 0.500. The number of hydrogen-bond acceptors (Lipinski definition) is 3. The average Bonchev–Trinajstić information content (AvgIpc) is 2.40. The Morgan fingerprint density at radius 2 is 2.15 bits per heavy atom. The zero-order valence-electron chi connectivity index (χ0n) is 11.0. The number of hydrogen-bond donors (Lipinski definition) is 1. The van der Waals surface area contributed by atoms with Gasteiger partial charge in [-0.3, -0.25) is 4.98 Å². The summed E-state index contributed by atoms with van der Waals surface area (Å²) >= 11 is 0. The lowest BCUT2D eigenvalue weighted by Gasteiger charge is -2.30. The Bertz CT molecular complexity index is 482. The minimum absolute atomic E-state index is 0.146. The lowest BCUT2D eigenvalue weighted by atomic mass is 9.83. The van der Waals surface area contributed by atoms with Crippen molar-refractivity contribution < 1.29 is 23.0 Å². The molecular formula is C14H16F3NO2. The zero-order chi connectivity index (χ0) is 14.8.